The highest BCUT2D eigenvalue weighted by molar-refractivity contribution is 5.93. The van der Waals surface area contributed by atoms with Gasteiger partial charge in [0.1, 0.15) is 11.9 Å². The first kappa shape index (κ1) is 20.9. The lowest BCUT2D eigenvalue weighted by Gasteiger charge is -2.27. The summed E-state index contributed by atoms with van der Waals surface area (Å²) in [6, 6.07) is 0.826. The molecule has 0 heterocycles. The third-order valence-corrected chi connectivity index (χ3v) is 3.69. The number of amides is 2. The predicted octanol–water partition coefficient (Wildman–Crippen LogP) is 1.17. The number of aliphatic hydroxyl groups is 2. The minimum absolute atomic E-state index is 0.186. The van der Waals surface area contributed by atoms with Crippen LogP contribution >= 0.6 is 0 Å². The zero-order valence-corrected chi connectivity index (χ0v) is 14.1. The summed E-state index contributed by atoms with van der Waals surface area (Å²) in [5.41, 5.74) is -1.59. The maximum atomic E-state index is 13.5. The van der Waals surface area contributed by atoms with E-state index in [-0.39, 0.29) is 6.54 Å². The van der Waals surface area contributed by atoms with E-state index in [1.807, 2.05) is 0 Å². The lowest BCUT2D eigenvalue weighted by atomic mass is 9.87. The molecule has 0 saturated heterocycles. The molecule has 140 valence electrons. The molecule has 0 aliphatic heterocycles. The van der Waals surface area contributed by atoms with Gasteiger partial charge in [-0.05, 0) is 0 Å². The average molecular weight is 362 g/mol. The number of carbonyl (C=O) groups is 2. The fraction of sp³-hybridized carbons (Fsp3) is 0.500. The zero-order chi connectivity index (χ0) is 19.4. The standard InChI is InChI=1S/C16H21F3N2O4/c1-8(6-20-15(25)13(23)16(2,3)7-22)14(24)21-12-5-10(18)9(17)4-11(12)19/h4-5,8,13,22-23H,6-7H2,1-3H3,(H,20,25)(H,21,24)/t8-,13-/m0/s1. The van der Waals surface area contributed by atoms with Crippen molar-refractivity contribution in [1.82, 2.24) is 5.32 Å². The highest BCUT2D eigenvalue weighted by atomic mass is 19.2. The van der Waals surface area contributed by atoms with Crippen LogP contribution in [0.5, 0.6) is 0 Å². The van der Waals surface area contributed by atoms with Gasteiger partial charge in [-0.15, -0.1) is 0 Å². The molecule has 6 nitrogen and oxygen atoms in total. The third kappa shape index (κ3) is 5.43. The normalized spacial score (nSPS) is 13.9. The van der Waals surface area contributed by atoms with Crippen LogP contribution in [0.3, 0.4) is 0 Å². The van der Waals surface area contributed by atoms with Gasteiger partial charge in [-0.2, -0.15) is 0 Å². The van der Waals surface area contributed by atoms with E-state index in [0.29, 0.717) is 12.1 Å². The minimum atomic E-state index is -1.49. The smallest absolute Gasteiger partial charge is 0.249 e. The molecule has 0 fully saturated rings. The Hall–Kier alpha value is -2.13. The molecule has 1 rings (SSSR count). The summed E-state index contributed by atoms with van der Waals surface area (Å²) in [6.07, 6.45) is -1.49. The van der Waals surface area contributed by atoms with Crippen molar-refractivity contribution in [2.24, 2.45) is 11.3 Å². The minimum Gasteiger partial charge on any atom is -0.396 e. The van der Waals surface area contributed by atoms with Crippen molar-refractivity contribution < 1.29 is 33.0 Å². The molecule has 2 amide bonds. The topological polar surface area (TPSA) is 98.7 Å². The number of rotatable bonds is 7. The largest absolute Gasteiger partial charge is 0.396 e. The number of hydrogen-bond donors (Lipinski definition) is 4. The highest BCUT2D eigenvalue weighted by Gasteiger charge is 2.33. The summed E-state index contributed by atoms with van der Waals surface area (Å²) < 4.78 is 39.4. The maximum absolute atomic E-state index is 13.5. The van der Waals surface area contributed by atoms with Crippen LogP contribution in [0.4, 0.5) is 18.9 Å². The molecule has 25 heavy (non-hydrogen) atoms. The summed E-state index contributed by atoms with van der Waals surface area (Å²) in [7, 11) is 0. The molecule has 4 N–H and O–H groups in total. The second kappa shape index (κ2) is 8.30. The van der Waals surface area contributed by atoms with Gasteiger partial charge in [0.25, 0.3) is 0 Å². The van der Waals surface area contributed by atoms with E-state index in [1.165, 1.54) is 20.8 Å². The molecule has 9 heteroatoms. The number of aliphatic hydroxyl groups excluding tert-OH is 2. The molecule has 0 saturated carbocycles. The van der Waals surface area contributed by atoms with Crippen molar-refractivity contribution in [2.75, 3.05) is 18.5 Å². The van der Waals surface area contributed by atoms with E-state index in [0.717, 1.165) is 0 Å². The molecular weight excluding hydrogens is 341 g/mol. The average Bonchev–Trinajstić information content (AvgIpc) is 2.56. The second-order valence-corrected chi connectivity index (χ2v) is 6.43. The van der Waals surface area contributed by atoms with Gasteiger partial charge in [0.2, 0.25) is 11.8 Å². The van der Waals surface area contributed by atoms with E-state index in [1.54, 1.807) is 0 Å². The van der Waals surface area contributed by atoms with Crippen LogP contribution in [-0.2, 0) is 9.59 Å². The van der Waals surface area contributed by atoms with Gasteiger partial charge in [-0.1, -0.05) is 20.8 Å². The summed E-state index contributed by atoms with van der Waals surface area (Å²) in [5.74, 6) is -6.19. The van der Waals surface area contributed by atoms with Crippen molar-refractivity contribution in [1.29, 1.82) is 0 Å². The lowest BCUT2D eigenvalue weighted by Crippen LogP contribution is -2.47. The first-order valence-corrected chi connectivity index (χ1v) is 7.51. The monoisotopic (exact) mass is 362 g/mol. The summed E-state index contributed by atoms with van der Waals surface area (Å²) >= 11 is 0. The van der Waals surface area contributed by atoms with Gasteiger partial charge in [-0.25, -0.2) is 13.2 Å². The molecule has 0 radical (unpaired) electrons. The first-order valence-electron chi connectivity index (χ1n) is 7.51. The molecule has 0 bridgehead atoms. The van der Waals surface area contributed by atoms with E-state index < -0.39 is 59.0 Å². The van der Waals surface area contributed by atoms with Gasteiger partial charge in [-0.3, -0.25) is 9.59 Å². The Kier molecular flexibility index (Phi) is 6.95. The quantitative estimate of drug-likeness (QED) is 0.548. The highest BCUT2D eigenvalue weighted by Crippen LogP contribution is 2.20. The Morgan fingerprint density at radius 1 is 1.12 bits per heavy atom. The van der Waals surface area contributed by atoms with Gasteiger partial charge in [0.15, 0.2) is 11.6 Å². The maximum Gasteiger partial charge on any atom is 0.249 e. The molecule has 0 aromatic heterocycles. The first-order chi connectivity index (χ1) is 11.5. The third-order valence-electron chi connectivity index (χ3n) is 3.69. The van der Waals surface area contributed by atoms with Gasteiger partial charge in [0.05, 0.1) is 18.2 Å². The fourth-order valence-corrected chi connectivity index (χ4v) is 1.76. The molecule has 2 atom stereocenters. The molecular formula is C16H21F3N2O4. The summed E-state index contributed by atoms with van der Waals surface area (Å²) in [6.45, 7) is 3.77. The second-order valence-electron chi connectivity index (χ2n) is 6.43. The Morgan fingerprint density at radius 2 is 1.68 bits per heavy atom. The van der Waals surface area contributed by atoms with Gasteiger partial charge < -0.3 is 20.8 Å². The fourth-order valence-electron chi connectivity index (χ4n) is 1.76. The van der Waals surface area contributed by atoms with Crippen LogP contribution in [0.25, 0.3) is 0 Å². The van der Waals surface area contributed by atoms with Crippen LogP contribution in [-0.4, -0.2) is 41.3 Å². The molecule has 0 aliphatic carbocycles. The summed E-state index contributed by atoms with van der Waals surface area (Å²) in [5, 5.41) is 23.4. The molecule has 0 spiro atoms. The van der Waals surface area contributed by atoms with Crippen LogP contribution in [0.15, 0.2) is 12.1 Å². The van der Waals surface area contributed by atoms with Gasteiger partial charge >= 0.3 is 0 Å². The number of anilines is 1. The number of hydrogen-bond acceptors (Lipinski definition) is 4. The van der Waals surface area contributed by atoms with Crippen molar-refractivity contribution in [3.8, 4) is 0 Å². The molecule has 0 aliphatic rings. The van der Waals surface area contributed by atoms with Crippen molar-refractivity contribution in [3.05, 3.63) is 29.6 Å². The molecule has 1 aromatic rings. The van der Waals surface area contributed by atoms with E-state index in [4.69, 9.17) is 5.11 Å². The van der Waals surface area contributed by atoms with Crippen molar-refractivity contribution in [2.45, 2.75) is 26.9 Å². The summed E-state index contributed by atoms with van der Waals surface area (Å²) in [4.78, 5) is 23.8. The number of nitrogens with one attached hydrogen (secondary N) is 2. The van der Waals surface area contributed by atoms with Crippen molar-refractivity contribution in [3.63, 3.8) is 0 Å². The molecule has 1 aromatic carbocycles. The van der Waals surface area contributed by atoms with E-state index >= 15 is 0 Å². The van der Waals surface area contributed by atoms with Crippen LogP contribution in [0.1, 0.15) is 20.8 Å². The Labute approximate surface area is 143 Å². The number of halogens is 3. The SMILES string of the molecule is C[C@@H](CNC(=O)[C@H](O)C(C)(C)CO)C(=O)Nc1cc(F)c(F)cc1F. The molecule has 0 unspecified atom stereocenters. The Morgan fingerprint density at radius 3 is 2.24 bits per heavy atom. The number of benzene rings is 1. The van der Waals surface area contributed by atoms with Crippen LogP contribution in [0, 0.1) is 28.8 Å². The number of carbonyl (C=O) groups excluding carboxylic acids is 2. The van der Waals surface area contributed by atoms with Crippen LogP contribution < -0.4 is 10.6 Å². The Balaban J connectivity index is 2.63. The Bertz CT molecular complexity index is 653. The van der Waals surface area contributed by atoms with Crippen molar-refractivity contribution >= 4 is 17.5 Å². The van der Waals surface area contributed by atoms with Gasteiger partial charge in [0, 0.05) is 24.1 Å². The van der Waals surface area contributed by atoms with E-state index in [9.17, 15) is 27.9 Å². The predicted molar refractivity (Wildman–Crippen MR) is 84.0 cm³/mol. The van der Waals surface area contributed by atoms with E-state index in [2.05, 4.69) is 10.6 Å². The van der Waals surface area contributed by atoms with Crippen LogP contribution in [0.2, 0.25) is 0 Å². The lowest BCUT2D eigenvalue weighted by molar-refractivity contribution is -0.137. The zero-order valence-electron chi connectivity index (χ0n) is 14.1.